The summed E-state index contributed by atoms with van der Waals surface area (Å²) in [6.07, 6.45) is 0. The number of rotatable bonds is 7. The number of esters is 1. The van der Waals surface area contributed by atoms with Crippen molar-refractivity contribution in [1.82, 2.24) is 0 Å². The normalized spacial score (nSPS) is 11.9. The molecule has 0 amide bonds. The molecule has 5 heteroatoms. The zero-order chi connectivity index (χ0) is 13.4. The number of carbonyl (C=O) groups is 1. The topological polar surface area (TPSA) is 61.5 Å². The SMILES string of the molecule is CCOC(=O)C(N)CSCc1ccc(OC)cc1. The maximum absolute atomic E-state index is 11.3. The molecule has 0 aliphatic heterocycles. The van der Waals surface area contributed by atoms with Gasteiger partial charge in [0.25, 0.3) is 0 Å². The van der Waals surface area contributed by atoms with Gasteiger partial charge in [-0.15, -0.1) is 0 Å². The largest absolute Gasteiger partial charge is 0.497 e. The Kier molecular flexibility index (Phi) is 6.60. The molecular weight excluding hydrogens is 250 g/mol. The van der Waals surface area contributed by atoms with E-state index in [-0.39, 0.29) is 5.97 Å². The molecule has 18 heavy (non-hydrogen) atoms. The summed E-state index contributed by atoms with van der Waals surface area (Å²) in [7, 11) is 1.64. The molecule has 4 nitrogen and oxygen atoms in total. The molecular formula is C13H19NO3S. The van der Waals surface area contributed by atoms with E-state index < -0.39 is 6.04 Å². The number of hydrogen-bond donors (Lipinski definition) is 1. The van der Waals surface area contributed by atoms with Crippen LogP contribution in [0.1, 0.15) is 12.5 Å². The molecule has 1 aromatic carbocycles. The summed E-state index contributed by atoms with van der Waals surface area (Å²) in [5.41, 5.74) is 6.88. The lowest BCUT2D eigenvalue weighted by Gasteiger charge is -2.10. The molecule has 0 heterocycles. The van der Waals surface area contributed by atoms with E-state index >= 15 is 0 Å². The van der Waals surface area contributed by atoms with Gasteiger partial charge < -0.3 is 15.2 Å². The van der Waals surface area contributed by atoms with Crippen LogP contribution in [0.25, 0.3) is 0 Å². The van der Waals surface area contributed by atoms with Crippen LogP contribution < -0.4 is 10.5 Å². The zero-order valence-electron chi connectivity index (χ0n) is 10.7. The van der Waals surface area contributed by atoms with Crippen LogP contribution in [-0.4, -0.2) is 31.5 Å². The Bertz CT molecular complexity index is 367. The second kappa shape index (κ2) is 8.00. The molecule has 1 aromatic rings. The average Bonchev–Trinajstić information content (AvgIpc) is 2.39. The van der Waals surface area contributed by atoms with E-state index in [1.54, 1.807) is 25.8 Å². The van der Waals surface area contributed by atoms with E-state index in [0.29, 0.717) is 12.4 Å². The van der Waals surface area contributed by atoms with E-state index in [1.807, 2.05) is 24.3 Å². The predicted molar refractivity (Wildman–Crippen MR) is 73.8 cm³/mol. The van der Waals surface area contributed by atoms with Gasteiger partial charge in [0.1, 0.15) is 11.8 Å². The van der Waals surface area contributed by atoms with Gasteiger partial charge in [-0.2, -0.15) is 11.8 Å². The molecule has 0 fully saturated rings. The fourth-order valence-electron chi connectivity index (χ4n) is 1.34. The van der Waals surface area contributed by atoms with Crippen molar-refractivity contribution in [2.75, 3.05) is 19.5 Å². The lowest BCUT2D eigenvalue weighted by molar-refractivity contribution is -0.144. The minimum absolute atomic E-state index is 0.334. The number of benzene rings is 1. The van der Waals surface area contributed by atoms with Crippen LogP contribution in [0.4, 0.5) is 0 Å². The summed E-state index contributed by atoms with van der Waals surface area (Å²) < 4.78 is 9.93. The third-order valence-corrected chi connectivity index (χ3v) is 3.45. The van der Waals surface area contributed by atoms with Gasteiger partial charge in [-0.25, -0.2) is 0 Å². The number of carbonyl (C=O) groups excluding carboxylic acids is 1. The highest BCUT2D eigenvalue weighted by Gasteiger charge is 2.13. The molecule has 0 radical (unpaired) electrons. The quantitative estimate of drug-likeness (QED) is 0.765. The van der Waals surface area contributed by atoms with Crippen LogP contribution in [0.15, 0.2) is 24.3 Å². The van der Waals surface area contributed by atoms with Gasteiger partial charge in [-0.05, 0) is 24.6 Å². The Balaban J connectivity index is 2.30. The van der Waals surface area contributed by atoms with Gasteiger partial charge >= 0.3 is 5.97 Å². The summed E-state index contributed by atoms with van der Waals surface area (Å²) >= 11 is 1.62. The third-order valence-electron chi connectivity index (χ3n) is 2.31. The lowest BCUT2D eigenvalue weighted by Crippen LogP contribution is -2.34. The fourth-order valence-corrected chi connectivity index (χ4v) is 2.28. The van der Waals surface area contributed by atoms with Gasteiger partial charge in [0.15, 0.2) is 0 Å². The van der Waals surface area contributed by atoms with Crippen LogP contribution in [0.2, 0.25) is 0 Å². The minimum Gasteiger partial charge on any atom is -0.497 e. The summed E-state index contributed by atoms with van der Waals surface area (Å²) in [4.78, 5) is 11.3. The Morgan fingerprint density at radius 3 is 2.61 bits per heavy atom. The van der Waals surface area contributed by atoms with E-state index in [0.717, 1.165) is 11.5 Å². The van der Waals surface area contributed by atoms with Crippen molar-refractivity contribution in [2.24, 2.45) is 5.73 Å². The van der Waals surface area contributed by atoms with E-state index in [4.69, 9.17) is 15.2 Å². The molecule has 100 valence electrons. The Morgan fingerprint density at radius 1 is 1.39 bits per heavy atom. The van der Waals surface area contributed by atoms with Crippen LogP contribution in [0.5, 0.6) is 5.75 Å². The number of nitrogens with two attached hydrogens (primary N) is 1. The third kappa shape index (κ3) is 4.98. The van der Waals surface area contributed by atoms with E-state index in [9.17, 15) is 4.79 Å². The first-order valence-electron chi connectivity index (χ1n) is 5.80. The second-order valence-electron chi connectivity index (χ2n) is 3.72. The van der Waals surface area contributed by atoms with Crippen molar-refractivity contribution in [1.29, 1.82) is 0 Å². The molecule has 0 saturated carbocycles. The highest BCUT2D eigenvalue weighted by atomic mass is 32.2. The summed E-state index contributed by atoms with van der Waals surface area (Å²) in [6.45, 7) is 2.14. The Morgan fingerprint density at radius 2 is 2.06 bits per heavy atom. The van der Waals surface area contributed by atoms with Crippen molar-refractivity contribution in [3.8, 4) is 5.75 Å². The maximum atomic E-state index is 11.3. The Labute approximate surface area is 112 Å². The van der Waals surface area contributed by atoms with Gasteiger partial charge in [0, 0.05) is 11.5 Å². The van der Waals surface area contributed by atoms with Crippen LogP contribution in [0.3, 0.4) is 0 Å². The molecule has 2 N–H and O–H groups in total. The number of thioether (sulfide) groups is 1. The van der Waals surface area contributed by atoms with Crippen molar-refractivity contribution >= 4 is 17.7 Å². The average molecular weight is 269 g/mol. The van der Waals surface area contributed by atoms with Crippen LogP contribution in [-0.2, 0) is 15.3 Å². The number of hydrogen-bond acceptors (Lipinski definition) is 5. The highest BCUT2D eigenvalue weighted by Crippen LogP contribution is 2.16. The van der Waals surface area contributed by atoms with Crippen LogP contribution in [0, 0.1) is 0 Å². The van der Waals surface area contributed by atoms with E-state index in [1.165, 1.54) is 5.56 Å². The van der Waals surface area contributed by atoms with Gasteiger partial charge in [-0.1, -0.05) is 12.1 Å². The molecule has 1 unspecified atom stereocenters. The van der Waals surface area contributed by atoms with Crippen molar-refractivity contribution < 1.29 is 14.3 Å². The highest BCUT2D eigenvalue weighted by molar-refractivity contribution is 7.98. The molecule has 0 bridgehead atoms. The summed E-state index contributed by atoms with van der Waals surface area (Å²) in [6, 6.07) is 7.29. The van der Waals surface area contributed by atoms with Crippen molar-refractivity contribution in [2.45, 2.75) is 18.7 Å². The maximum Gasteiger partial charge on any atom is 0.323 e. The van der Waals surface area contributed by atoms with Gasteiger partial charge in [0.2, 0.25) is 0 Å². The zero-order valence-corrected chi connectivity index (χ0v) is 11.5. The molecule has 1 rings (SSSR count). The summed E-state index contributed by atoms with van der Waals surface area (Å²) in [5, 5.41) is 0. The lowest BCUT2D eigenvalue weighted by atomic mass is 10.2. The molecule has 0 aliphatic rings. The first-order valence-corrected chi connectivity index (χ1v) is 6.95. The summed E-state index contributed by atoms with van der Waals surface area (Å²) in [5.74, 6) is 1.88. The molecule has 0 aliphatic carbocycles. The molecule has 0 saturated heterocycles. The first-order chi connectivity index (χ1) is 8.67. The molecule has 0 aromatic heterocycles. The fraction of sp³-hybridized carbons (Fsp3) is 0.462. The number of methoxy groups -OCH3 is 1. The predicted octanol–water partition coefficient (Wildman–Crippen LogP) is 1.82. The van der Waals surface area contributed by atoms with Crippen molar-refractivity contribution in [3.63, 3.8) is 0 Å². The van der Waals surface area contributed by atoms with Crippen LogP contribution >= 0.6 is 11.8 Å². The standard InChI is InChI=1S/C13H19NO3S/c1-3-17-13(15)12(14)9-18-8-10-4-6-11(16-2)7-5-10/h4-7,12H,3,8-9,14H2,1-2H3. The Hall–Kier alpha value is -1.20. The second-order valence-corrected chi connectivity index (χ2v) is 4.75. The first kappa shape index (κ1) is 14.9. The number of ether oxygens (including phenoxy) is 2. The smallest absolute Gasteiger partial charge is 0.323 e. The van der Waals surface area contributed by atoms with Gasteiger partial charge in [0.05, 0.1) is 13.7 Å². The minimum atomic E-state index is -0.548. The van der Waals surface area contributed by atoms with Gasteiger partial charge in [-0.3, -0.25) is 4.79 Å². The molecule has 1 atom stereocenters. The molecule has 0 spiro atoms. The monoisotopic (exact) mass is 269 g/mol. The van der Waals surface area contributed by atoms with E-state index in [2.05, 4.69) is 0 Å². The van der Waals surface area contributed by atoms with Crippen molar-refractivity contribution in [3.05, 3.63) is 29.8 Å².